The van der Waals surface area contributed by atoms with E-state index in [1.807, 2.05) is 5.32 Å². The zero-order valence-electron chi connectivity index (χ0n) is 13.2. The molecule has 0 saturated heterocycles. The minimum Gasteiger partial charge on any atom is -0.345 e. The van der Waals surface area contributed by atoms with Gasteiger partial charge in [0.25, 0.3) is 0 Å². The summed E-state index contributed by atoms with van der Waals surface area (Å²) in [4.78, 5) is 28.0. The Labute approximate surface area is 128 Å². The first-order valence-electron chi connectivity index (χ1n) is 6.84. The molecular formula is C14H23F3N2O3. The number of alkyl halides is 3. The Hall–Kier alpha value is -1.57. The van der Waals surface area contributed by atoms with Crippen LogP contribution in [-0.2, 0) is 14.4 Å². The van der Waals surface area contributed by atoms with Gasteiger partial charge in [-0.15, -0.1) is 6.58 Å². The van der Waals surface area contributed by atoms with Crippen LogP contribution < -0.4 is 5.32 Å². The molecule has 0 fully saturated rings. The lowest BCUT2D eigenvalue weighted by Gasteiger charge is -2.28. The zero-order valence-corrected chi connectivity index (χ0v) is 13.2. The highest BCUT2D eigenvalue weighted by Crippen LogP contribution is 2.21. The number of allylic oxidation sites excluding steroid dienone is 1. The van der Waals surface area contributed by atoms with E-state index in [-0.39, 0.29) is 24.7 Å². The summed E-state index contributed by atoms with van der Waals surface area (Å²) in [5.74, 6) is -3.27. The highest BCUT2D eigenvalue weighted by Gasteiger charge is 2.40. The van der Waals surface area contributed by atoms with Crippen LogP contribution in [-0.4, -0.2) is 43.3 Å². The molecule has 128 valence electrons. The molecule has 0 rings (SSSR count). The summed E-state index contributed by atoms with van der Waals surface area (Å²) in [6.07, 6.45) is -3.10. The van der Waals surface area contributed by atoms with Crippen molar-refractivity contribution < 1.29 is 27.6 Å². The summed E-state index contributed by atoms with van der Waals surface area (Å²) < 4.78 is 37.1. The van der Waals surface area contributed by atoms with Gasteiger partial charge in [-0.1, -0.05) is 19.9 Å². The van der Waals surface area contributed by atoms with Gasteiger partial charge in [0.2, 0.25) is 5.91 Å². The van der Waals surface area contributed by atoms with Crippen LogP contribution in [0.1, 0.15) is 26.7 Å². The van der Waals surface area contributed by atoms with Crippen LogP contribution in [0.2, 0.25) is 0 Å². The third kappa shape index (κ3) is 6.46. The number of hydroxylamine groups is 2. The molecule has 0 saturated carbocycles. The molecule has 0 aromatic carbocycles. The van der Waals surface area contributed by atoms with Crippen molar-refractivity contribution in [1.82, 2.24) is 10.4 Å². The SMILES string of the molecule is C=CC[C@@H](C[C@H](NC(=O)C(F)(F)F)C(C)C)C(=O)N(C)OC. The number of carbonyl (C=O) groups is 2. The fraction of sp³-hybridized carbons (Fsp3) is 0.714. The normalized spacial score (nSPS) is 14.4. The standard InChI is InChI=1S/C14H23F3N2O3/c1-6-7-10(12(20)19(4)22-5)8-11(9(2)3)18-13(21)14(15,16)17/h6,9-11H,1,7-8H2,2-5H3,(H,18,21)/t10-,11-/m0/s1. The van der Waals surface area contributed by atoms with E-state index in [4.69, 9.17) is 4.84 Å². The number of nitrogens with zero attached hydrogens (tertiary/aromatic N) is 1. The highest BCUT2D eigenvalue weighted by molar-refractivity contribution is 5.82. The summed E-state index contributed by atoms with van der Waals surface area (Å²) in [5.41, 5.74) is 0. The van der Waals surface area contributed by atoms with Crippen LogP contribution in [0.3, 0.4) is 0 Å². The number of rotatable bonds is 8. The van der Waals surface area contributed by atoms with Gasteiger partial charge in [-0.2, -0.15) is 13.2 Å². The molecule has 0 heterocycles. The molecule has 0 radical (unpaired) electrons. The van der Waals surface area contributed by atoms with Crippen LogP contribution in [0.4, 0.5) is 13.2 Å². The molecule has 0 aromatic heterocycles. The van der Waals surface area contributed by atoms with Crippen molar-refractivity contribution >= 4 is 11.8 Å². The van der Waals surface area contributed by atoms with E-state index in [2.05, 4.69) is 6.58 Å². The smallest absolute Gasteiger partial charge is 0.345 e. The average Bonchev–Trinajstić information content (AvgIpc) is 2.42. The third-order valence-corrected chi connectivity index (χ3v) is 3.30. The Morgan fingerprint density at radius 3 is 2.27 bits per heavy atom. The minimum atomic E-state index is -4.95. The Morgan fingerprint density at radius 1 is 1.36 bits per heavy atom. The summed E-state index contributed by atoms with van der Waals surface area (Å²) in [5, 5.41) is 2.96. The van der Waals surface area contributed by atoms with Crippen LogP contribution >= 0.6 is 0 Å². The maximum Gasteiger partial charge on any atom is 0.471 e. The molecule has 0 bridgehead atoms. The van der Waals surface area contributed by atoms with Gasteiger partial charge in [0.15, 0.2) is 0 Å². The monoisotopic (exact) mass is 324 g/mol. The second-order valence-corrected chi connectivity index (χ2v) is 5.30. The second kappa shape index (κ2) is 8.77. The highest BCUT2D eigenvalue weighted by atomic mass is 19.4. The molecule has 5 nitrogen and oxygen atoms in total. The molecule has 0 aliphatic heterocycles. The van der Waals surface area contributed by atoms with Crippen molar-refractivity contribution in [3.05, 3.63) is 12.7 Å². The maximum absolute atomic E-state index is 12.4. The molecule has 8 heteroatoms. The van der Waals surface area contributed by atoms with Crippen LogP contribution in [0.15, 0.2) is 12.7 Å². The van der Waals surface area contributed by atoms with Crippen molar-refractivity contribution in [2.45, 2.75) is 38.9 Å². The lowest BCUT2D eigenvalue weighted by atomic mass is 9.89. The third-order valence-electron chi connectivity index (χ3n) is 3.30. The fourth-order valence-corrected chi connectivity index (χ4v) is 1.90. The largest absolute Gasteiger partial charge is 0.471 e. The Bertz CT molecular complexity index is 397. The van der Waals surface area contributed by atoms with E-state index in [1.165, 1.54) is 20.2 Å². The summed E-state index contributed by atoms with van der Waals surface area (Å²) in [6, 6.07) is -0.784. The number of halogens is 3. The predicted molar refractivity (Wildman–Crippen MR) is 75.5 cm³/mol. The predicted octanol–water partition coefficient (Wildman–Crippen LogP) is 2.29. The Balaban J connectivity index is 5.05. The van der Waals surface area contributed by atoms with Gasteiger partial charge in [0, 0.05) is 19.0 Å². The number of carbonyl (C=O) groups excluding carboxylic acids is 2. The first kappa shape index (κ1) is 20.4. The molecule has 0 aliphatic carbocycles. The van der Waals surface area contributed by atoms with E-state index >= 15 is 0 Å². The van der Waals surface area contributed by atoms with E-state index in [0.29, 0.717) is 0 Å². The molecule has 0 spiro atoms. The number of hydrogen-bond acceptors (Lipinski definition) is 3. The van der Waals surface area contributed by atoms with E-state index in [1.54, 1.807) is 13.8 Å². The molecule has 2 atom stereocenters. The van der Waals surface area contributed by atoms with Gasteiger partial charge in [-0.25, -0.2) is 5.06 Å². The van der Waals surface area contributed by atoms with Crippen LogP contribution in [0.5, 0.6) is 0 Å². The van der Waals surface area contributed by atoms with Crippen molar-refractivity contribution in [3.63, 3.8) is 0 Å². The summed E-state index contributed by atoms with van der Waals surface area (Å²) in [7, 11) is 2.73. The fourth-order valence-electron chi connectivity index (χ4n) is 1.90. The summed E-state index contributed by atoms with van der Waals surface area (Å²) in [6.45, 7) is 6.90. The topological polar surface area (TPSA) is 58.6 Å². The molecule has 22 heavy (non-hydrogen) atoms. The van der Waals surface area contributed by atoms with E-state index < -0.39 is 24.0 Å². The van der Waals surface area contributed by atoms with Crippen molar-refractivity contribution in [1.29, 1.82) is 0 Å². The van der Waals surface area contributed by atoms with Crippen molar-refractivity contribution in [3.8, 4) is 0 Å². The van der Waals surface area contributed by atoms with E-state index in [0.717, 1.165) is 5.06 Å². The van der Waals surface area contributed by atoms with Crippen LogP contribution in [0, 0.1) is 11.8 Å². The first-order chi connectivity index (χ1) is 10.0. The number of hydrogen-bond donors (Lipinski definition) is 1. The first-order valence-corrected chi connectivity index (χ1v) is 6.84. The summed E-state index contributed by atoms with van der Waals surface area (Å²) >= 11 is 0. The van der Waals surface area contributed by atoms with Crippen molar-refractivity contribution in [2.24, 2.45) is 11.8 Å². The molecule has 0 aliphatic rings. The molecule has 0 unspecified atom stereocenters. The lowest BCUT2D eigenvalue weighted by Crippen LogP contribution is -2.47. The molecule has 0 aromatic rings. The van der Waals surface area contributed by atoms with Gasteiger partial charge < -0.3 is 5.32 Å². The molecule has 1 N–H and O–H groups in total. The zero-order chi connectivity index (χ0) is 17.5. The van der Waals surface area contributed by atoms with Gasteiger partial charge in [-0.3, -0.25) is 14.4 Å². The average molecular weight is 324 g/mol. The van der Waals surface area contributed by atoms with Gasteiger partial charge in [0.1, 0.15) is 0 Å². The Morgan fingerprint density at radius 2 is 1.91 bits per heavy atom. The van der Waals surface area contributed by atoms with Gasteiger partial charge >= 0.3 is 12.1 Å². The van der Waals surface area contributed by atoms with Gasteiger partial charge in [-0.05, 0) is 18.8 Å². The minimum absolute atomic E-state index is 0.0675. The number of amides is 2. The maximum atomic E-state index is 12.4. The van der Waals surface area contributed by atoms with Gasteiger partial charge in [0.05, 0.1) is 7.11 Å². The molecule has 2 amide bonds. The van der Waals surface area contributed by atoms with E-state index in [9.17, 15) is 22.8 Å². The lowest BCUT2D eigenvalue weighted by molar-refractivity contribution is -0.176. The Kier molecular flexibility index (Phi) is 8.15. The quantitative estimate of drug-likeness (QED) is 0.550. The second-order valence-electron chi connectivity index (χ2n) is 5.30. The number of nitrogens with one attached hydrogen (secondary N) is 1. The van der Waals surface area contributed by atoms with Crippen molar-refractivity contribution in [2.75, 3.05) is 14.2 Å². The molecular weight excluding hydrogens is 301 g/mol. The van der Waals surface area contributed by atoms with Crippen LogP contribution in [0.25, 0.3) is 0 Å².